The van der Waals surface area contributed by atoms with Gasteiger partial charge in [0.2, 0.25) is 0 Å². The molecular weight excluding hydrogens is 519 g/mol. The van der Waals surface area contributed by atoms with Gasteiger partial charge in [-0.3, -0.25) is 5.10 Å². The monoisotopic (exact) mass is 554 g/mol. The fraction of sp³-hybridized carbons (Fsp3) is 0.609. The fourth-order valence-corrected chi connectivity index (χ4v) is 4.45. The quantitative estimate of drug-likeness (QED) is 0.305. The first-order chi connectivity index (χ1) is 15.3. The average Bonchev–Trinajstić information content (AvgIpc) is 3.52. The van der Waals surface area contributed by atoms with Gasteiger partial charge in [0.1, 0.15) is 23.7 Å². The minimum absolute atomic E-state index is 0. The minimum atomic E-state index is 0. The van der Waals surface area contributed by atoms with Crippen molar-refractivity contribution in [1.82, 2.24) is 25.4 Å². The number of aromatic nitrogens is 3. The summed E-state index contributed by atoms with van der Waals surface area (Å²) in [6.45, 7) is 5.43. The van der Waals surface area contributed by atoms with Crippen LogP contribution in [-0.4, -0.2) is 58.9 Å². The third kappa shape index (κ3) is 6.26. The Morgan fingerprint density at radius 2 is 2.00 bits per heavy atom. The molecule has 2 fully saturated rings. The van der Waals surface area contributed by atoms with Crippen LogP contribution in [0.5, 0.6) is 11.5 Å². The molecule has 1 aromatic heterocycles. The maximum atomic E-state index is 6.34. The number of nitrogens with one attached hydrogen (secondary N) is 2. The molecule has 9 heteroatoms. The molecule has 8 nitrogen and oxygen atoms in total. The molecule has 0 bridgehead atoms. The number of hydrogen-bond donors (Lipinski definition) is 2. The molecular formula is C23H35IN6O2. The maximum absolute atomic E-state index is 6.34. The summed E-state index contributed by atoms with van der Waals surface area (Å²) in [5.74, 6) is 4.11. The van der Waals surface area contributed by atoms with Crippen molar-refractivity contribution in [2.24, 2.45) is 4.99 Å². The van der Waals surface area contributed by atoms with E-state index in [1.54, 1.807) is 13.4 Å². The van der Waals surface area contributed by atoms with E-state index in [0.29, 0.717) is 18.6 Å². The summed E-state index contributed by atoms with van der Waals surface area (Å²) >= 11 is 0. The topological polar surface area (TPSA) is 87.7 Å². The van der Waals surface area contributed by atoms with Crippen LogP contribution in [0.3, 0.4) is 0 Å². The van der Waals surface area contributed by atoms with Gasteiger partial charge < -0.3 is 19.7 Å². The predicted octanol–water partition coefficient (Wildman–Crippen LogP) is 4.10. The molecule has 0 spiro atoms. The van der Waals surface area contributed by atoms with Crippen LogP contribution in [-0.2, 0) is 6.54 Å². The van der Waals surface area contributed by atoms with Crippen LogP contribution in [0.2, 0.25) is 0 Å². The molecule has 176 valence electrons. The molecule has 1 aliphatic carbocycles. The van der Waals surface area contributed by atoms with Crippen molar-refractivity contribution in [2.75, 3.05) is 26.7 Å². The summed E-state index contributed by atoms with van der Waals surface area (Å²) in [6, 6.07) is 6.06. The molecule has 1 aromatic carbocycles. The molecule has 0 radical (unpaired) electrons. The van der Waals surface area contributed by atoms with Crippen LogP contribution in [0.25, 0.3) is 0 Å². The number of hydrogen-bond acceptors (Lipinski definition) is 5. The van der Waals surface area contributed by atoms with Gasteiger partial charge in [0.15, 0.2) is 5.96 Å². The summed E-state index contributed by atoms with van der Waals surface area (Å²) in [7, 11) is 1.69. The molecule has 2 heterocycles. The number of nitrogens with zero attached hydrogens (tertiary/aromatic N) is 4. The zero-order valence-corrected chi connectivity index (χ0v) is 21.4. The van der Waals surface area contributed by atoms with Crippen LogP contribution in [0.4, 0.5) is 0 Å². The number of ether oxygens (including phenoxy) is 2. The van der Waals surface area contributed by atoms with Gasteiger partial charge in [0.25, 0.3) is 0 Å². The molecule has 0 atom stereocenters. The number of aromatic amines is 1. The summed E-state index contributed by atoms with van der Waals surface area (Å²) in [4.78, 5) is 11.6. The third-order valence-corrected chi connectivity index (χ3v) is 6.22. The van der Waals surface area contributed by atoms with Crippen LogP contribution in [0, 0.1) is 0 Å². The zero-order chi connectivity index (χ0) is 21.5. The molecule has 1 aliphatic heterocycles. The number of H-pyrrole nitrogens is 1. The average molecular weight is 554 g/mol. The van der Waals surface area contributed by atoms with Crippen LogP contribution in [0.15, 0.2) is 29.5 Å². The Morgan fingerprint density at radius 1 is 1.22 bits per heavy atom. The van der Waals surface area contributed by atoms with Crippen molar-refractivity contribution in [1.29, 1.82) is 0 Å². The lowest BCUT2D eigenvalue weighted by Gasteiger charge is -2.33. The predicted molar refractivity (Wildman–Crippen MR) is 136 cm³/mol. The van der Waals surface area contributed by atoms with Gasteiger partial charge in [-0.1, -0.05) is 0 Å². The first-order valence-corrected chi connectivity index (χ1v) is 11.5. The van der Waals surface area contributed by atoms with Gasteiger partial charge in [-0.25, -0.2) is 9.98 Å². The zero-order valence-electron chi connectivity index (χ0n) is 19.0. The number of rotatable bonds is 7. The molecule has 0 unspecified atom stereocenters. The molecule has 2 N–H and O–H groups in total. The van der Waals surface area contributed by atoms with Gasteiger partial charge in [-0.15, -0.1) is 24.0 Å². The Hall–Kier alpha value is -2.04. The highest BCUT2D eigenvalue weighted by Crippen LogP contribution is 2.31. The highest BCUT2D eigenvalue weighted by Gasteiger charge is 2.24. The number of piperidine rings is 1. The molecule has 1 saturated heterocycles. The second-order valence-corrected chi connectivity index (χ2v) is 8.30. The van der Waals surface area contributed by atoms with Crippen LogP contribution >= 0.6 is 24.0 Å². The molecule has 0 amide bonds. The van der Waals surface area contributed by atoms with E-state index in [9.17, 15) is 0 Å². The van der Waals surface area contributed by atoms with Crippen molar-refractivity contribution in [3.05, 3.63) is 35.9 Å². The Kier molecular flexibility index (Phi) is 9.43. The molecule has 32 heavy (non-hydrogen) atoms. The summed E-state index contributed by atoms with van der Waals surface area (Å²) in [6.07, 6.45) is 8.72. The lowest BCUT2D eigenvalue weighted by Crippen LogP contribution is -2.45. The van der Waals surface area contributed by atoms with E-state index in [1.165, 1.54) is 12.8 Å². The largest absolute Gasteiger partial charge is 0.497 e. The van der Waals surface area contributed by atoms with Crippen molar-refractivity contribution in [3.8, 4) is 11.5 Å². The van der Waals surface area contributed by atoms with Crippen molar-refractivity contribution in [2.45, 2.75) is 64.0 Å². The number of aliphatic imine (C=N–C) groups is 1. The van der Waals surface area contributed by atoms with E-state index >= 15 is 0 Å². The number of methoxy groups -OCH3 is 1. The van der Waals surface area contributed by atoms with E-state index in [2.05, 4.69) is 38.4 Å². The van der Waals surface area contributed by atoms with E-state index in [4.69, 9.17) is 14.5 Å². The highest BCUT2D eigenvalue weighted by molar-refractivity contribution is 14.0. The van der Waals surface area contributed by atoms with E-state index < -0.39 is 0 Å². The number of likely N-dealkylation sites (tertiary alicyclic amines) is 1. The normalized spacial score (nSPS) is 17.8. The third-order valence-electron chi connectivity index (χ3n) is 6.22. The van der Waals surface area contributed by atoms with Gasteiger partial charge in [0.05, 0.1) is 19.8 Å². The number of guanidine groups is 1. The Balaban J connectivity index is 0.00000289. The summed E-state index contributed by atoms with van der Waals surface area (Å²) < 4.78 is 11.8. The highest BCUT2D eigenvalue weighted by atomic mass is 127. The maximum Gasteiger partial charge on any atom is 0.194 e. The van der Waals surface area contributed by atoms with Gasteiger partial charge >= 0.3 is 0 Å². The lowest BCUT2D eigenvalue weighted by atomic mass is 9.96. The molecule has 1 saturated carbocycles. The van der Waals surface area contributed by atoms with Crippen molar-refractivity contribution >= 4 is 29.9 Å². The van der Waals surface area contributed by atoms with E-state index in [-0.39, 0.29) is 24.0 Å². The van der Waals surface area contributed by atoms with Crippen LogP contribution in [0.1, 0.15) is 62.8 Å². The lowest BCUT2D eigenvalue weighted by molar-refractivity contribution is 0.207. The second-order valence-electron chi connectivity index (χ2n) is 8.30. The fourth-order valence-electron chi connectivity index (χ4n) is 4.45. The van der Waals surface area contributed by atoms with Gasteiger partial charge in [-0.2, -0.15) is 5.10 Å². The Morgan fingerprint density at radius 3 is 2.66 bits per heavy atom. The first-order valence-electron chi connectivity index (χ1n) is 11.5. The Labute approximate surface area is 207 Å². The number of benzene rings is 1. The minimum Gasteiger partial charge on any atom is -0.497 e. The summed E-state index contributed by atoms with van der Waals surface area (Å²) in [5, 5.41) is 10.5. The molecule has 2 aromatic rings. The number of halogens is 1. The SMILES string of the molecule is CCNC(=NCc1ccc(OC)cc1OC1CCCC1)N1CCC(c2ncn[nH]2)CC1.I. The van der Waals surface area contributed by atoms with Gasteiger partial charge in [-0.05, 0) is 57.6 Å². The standard InChI is InChI=1S/C23H34N6O2.HI/c1-3-24-23(29-12-10-17(11-13-29)22-26-16-27-28-22)25-15-18-8-9-20(30-2)14-21(18)31-19-6-4-5-7-19;/h8-9,14,16-17,19H,3-7,10-13,15H2,1-2H3,(H,24,25)(H,26,27,28);1H. The molecule has 2 aliphatic rings. The summed E-state index contributed by atoms with van der Waals surface area (Å²) in [5.41, 5.74) is 1.10. The second kappa shape index (κ2) is 12.3. The smallest absolute Gasteiger partial charge is 0.194 e. The van der Waals surface area contributed by atoms with Gasteiger partial charge in [0, 0.05) is 37.2 Å². The Bertz CT molecular complexity index is 846. The molecule has 4 rings (SSSR count). The first kappa shape index (κ1) is 24.6. The van der Waals surface area contributed by atoms with E-state index in [0.717, 1.165) is 74.2 Å². The van der Waals surface area contributed by atoms with E-state index in [1.807, 2.05) is 12.1 Å². The van der Waals surface area contributed by atoms with Crippen LogP contribution < -0.4 is 14.8 Å². The van der Waals surface area contributed by atoms with Crippen molar-refractivity contribution in [3.63, 3.8) is 0 Å². The van der Waals surface area contributed by atoms with Crippen molar-refractivity contribution < 1.29 is 9.47 Å².